The third-order valence-electron chi connectivity index (χ3n) is 25.5. The van der Waals surface area contributed by atoms with E-state index in [9.17, 15) is 151 Å². The van der Waals surface area contributed by atoms with Gasteiger partial charge >= 0.3 is 17.9 Å². The molecule has 47 nitrogen and oxygen atoms in total. The van der Waals surface area contributed by atoms with Gasteiger partial charge in [-0.15, -0.1) is 0 Å². The van der Waals surface area contributed by atoms with Gasteiger partial charge in [0.05, 0.1) is 94.8 Å². The Morgan fingerprint density at radius 3 is 1.17 bits per heavy atom. The Kier molecular flexibility index (Phi) is 51.9. The third kappa shape index (κ3) is 34.3. The number of carboxylic acids is 3. The predicted octanol–water partition coefficient (Wildman–Crippen LogP) is -4.52. The highest BCUT2D eigenvalue weighted by Gasteiger charge is 2.65. The van der Waals surface area contributed by atoms with Crippen LogP contribution in [0, 0.1) is 0 Å². The summed E-state index contributed by atoms with van der Waals surface area (Å²) in [6.45, 7) is -0.794. The van der Waals surface area contributed by atoms with E-state index in [4.69, 9.17) is 56.8 Å². The molecule has 35 atom stereocenters. The first-order valence-corrected chi connectivity index (χ1v) is 47.8. The van der Waals surface area contributed by atoms with Crippen molar-refractivity contribution in [2.75, 3.05) is 46.2 Å². The van der Waals surface area contributed by atoms with E-state index in [2.05, 4.69) is 40.4 Å². The normalized spacial score (nSPS) is 34.0. The summed E-state index contributed by atoms with van der Waals surface area (Å²) < 4.78 is 71.7. The van der Waals surface area contributed by atoms with Gasteiger partial charge in [-0.3, -0.25) is 24.0 Å². The number of carbonyl (C=O) groups excluding carboxylic acids is 5. The van der Waals surface area contributed by atoms with E-state index < -0.39 is 326 Å². The van der Waals surface area contributed by atoms with E-state index in [1.807, 2.05) is 0 Å². The first-order chi connectivity index (χ1) is 64.6. The van der Waals surface area contributed by atoms with Crippen LogP contribution in [0.4, 0.5) is 0 Å². The number of nitrogens with one attached hydrogen (secondary N) is 5. The summed E-state index contributed by atoms with van der Waals surface area (Å²) in [6.07, 6.45) is -34.0. The molecule has 136 heavy (non-hydrogen) atoms. The number of aliphatic carboxylic acids is 3. The topological polar surface area (TPSA) is 753 Å². The van der Waals surface area contributed by atoms with Gasteiger partial charge in [-0.05, 0) is 19.3 Å². The molecule has 0 radical (unpaired) electrons. The van der Waals surface area contributed by atoms with Crippen molar-refractivity contribution in [3.05, 3.63) is 12.2 Å². The Morgan fingerprint density at radius 1 is 0.397 bits per heavy atom. The SMILES string of the molecule is CCCCCCCCCCCCCC=CC(O)C(COC1OC(CO)C(OC2OC(CO)C(OC3OC(CO)C(O)C(O)C3NC(C)=O)C(OC3(C(=O)O)CC(O)C(NC(C)=O)C(C(O)C(CO)OC4(C(=O)O)CC(O)C(NC(C)=O)C(C(O)C(CO)OC5(C(=O)O)CC(O)C(NC(C)=O)C(C(O)C(O)CO)O5)O4)O3)C2O)C(O)C1O)NC(=O)CCCCCCCCCCCCCCCCC. The van der Waals surface area contributed by atoms with E-state index in [0.29, 0.717) is 12.8 Å². The van der Waals surface area contributed by atoms with Crippen molar-refractivity contribution in [2.45, 2.75) is 454 Å². The molecule has 788 valence electrons. The van der Waals surface area contributed by atoms with Crippen LogP contribution in [0.5, 0.6) is 0 Å². The number of rotatable bonds is 63. The molecule has 0 aromatic heterocycles. The molecule has 6 heterocycles. The molecule has 0 aromatic carbocycles. The number of hydrogen-bond acceptors (Lipinski definition) is 39. The Hall–Kier alpha value is -5.74. The van der Waals surface area contributed by atoms with Crippen LogP contribution in [0.15, 0.2) is 12.2 Å². The monoisotopic (exact) mass is 1970 g/mol. The molecule has 0 saturated carbocycles. The maximum atomic E-state index is 14.4. The van der Waals surface area contributed by atoms with Gasteiger partial charge in [0.2, 0.25) is 29.5 Å². The lowest BCUT2D eigenvalue weighted by Gasteiger charge is -2.52. The van der Waals surface area contributed by atoms with Crippen LogP contribution in [0.3, 0.4) is 0 Å². The third-order valence-corrected chi connectivity index (χ3v) is 25.5. The number of unbranched alkanes of at least 4 members (excludes halogenated alkanes) is 25. The summed E-state index contributed by atoms with van der Waals surface area (Å²) in [5.74, 6) is -22.2. The predicted molar refractivity (Wildman–Crippen MR) is 469 cm³/mol. The molecule has 5 amide bonds. The van der Waals surface area contributed by atoms with Crippen molar-refractivity contribution in [1.82, 2.24) is 26.6 Å². The summed E-state index contributed by atoms with van der Waals surface area (Å²) in [5, 5.41) is 263. The number of ether oxygens (including phenoxy) is 12. The second-order valence-electron chi connectivity index (χ2n) is 36.4. The van der Waals surface area contributed by atoms with Crippen molar-refractivity contribution in [1.29, 1.82) is 0 Å². The summed E-state index contributed by atoms with van der Waals surface area (Å²) in [4.78, 5) is 107. The fourth-order valence-corrected chi connectivity index (χ4v) is 18.0. The van der Waals surface area contributed by atoms with Gasteiger partial charge in [0.25, 0.3) is 17.4 Å². The van der Waals surface area contributed by atoms with Gasteiger partial charge in [-0.2, -0.15) is 0 Å². The minimum atomic E-state index is -3.72. The zero-order valence-electron chi connectivity index (χ0n) is 78.5. The Labute approximate surface area is 790 Å². The molecular formula is C89H155N5O42. The zero-order valence-corrected chi connectivity index (χ0v) is 78.5. The molecule has 47 heteroatoms. The molecule has 27 N–H and O–H groups in total. The summed E-state index contributed by atoms with van der Waals surface area (Å²) >= 11 is 0. The van der Waals surface area contributed by atoms with E-state index in [1.165, 1.54) is 102 Å². The summed E-state index contributed by atoms with van der Waals surface area (Å²) in [7, 11) is 0. The van der Waals surface area contributed by atoms with E-state index in [-0.39, 0.29) is 6.42 Å². The van der Waals surface area contributed by atoms with Crippen LogP contribution in [0.1, 0.15) is 241 Å². The van der Waals surface area contributed by atoms with Crippen LogP contribution < -0.4 is 26.6 Å². The van der Waals surface area contributed by atoms with E-state index >= 15 is 0 Å². The molecule has 0 spiro atoms. The lowest BCUT2D eigenvalue weighted by Crippen LogP contribution is -2.72. The van der Waals surface area contributed by atoms with Gasteiger partial charge in [0, 0.05) is 53.4 Å². The number of allylic oxidation sites excluding steroid dienone is 1. The van der Waals surface area contributed by atoms with Gasteiger partial charge in [-0.1, -0.05) is 180 Å². The van der Waals surface area contributed by atoms with E-state index in [0.717, 1.165) is 91.9 Å². The minimum Gasteiger partial charge on any atom is -0.477 e. The number of hydrogen-bond donors (Lipinski definition) is 27. The highest BCUT2D eigenvalue weighted by atomic mass is 16.8. The number of aliphatic hydroxyl groups excluding tert-OH is 19. The molecule has 6 aliphatic heterocycles. The van der Waals surface area contributed by atoms with Crippen molar-refractivity contribution in [3.63, 3.8) is 0 Å². The first-order valence-electron chi connectivity index (χ1n) is 47.8. The van der Waals surface area contributed by atoms with Gasteiger partial charge < -0.3 is 196 Å². The van der Waals surface area contributed by atoms with Crippen molar-refractivity contribution in [2.24, 2.45) is 0 Å². The van der Waals surface area contributed by atoms with Gasteiger partial charge in [-0.25, -0.2) is 14.4 Å². The molecule has 6 rings (SSSR count). The minimum absolute atomic E-state index is 0.0801. The van der Waals surface area contributed by atoms with Crippen LogP contribution in [0.2, 0.25) is 0 Å². The molecule has 6 aliphatic rings. The first kappa shape index (κ1) is 119. The molecule has 6 fully saturated rings. The van der Waals surface area contributed by atoms with Gasteiger partial charge in [0.1, 0.15) is 128 Å². The highest BCUT2D eigenvalue weighted by molar-refractivity contribution is 5.79. The number of carbonyl (C=O) groups is 8. The van der Waals surface area contributed by atoms with Crippen LogP contribution in [-0.2, 0) is 95.2 Å². The second-order valence-corrected chi connectivity index (χ2v) is 36.4. The van der Waals surface area contributed by atoms with E-state index in [1.54, 1.807) is 6.08 Å². The number of amides is 5. The molecule has 0 aromatic rings. The Balaban J connectivity index is 1.32. The molecule has 35 unspecified atom stereocenters. The van der Waals surface area contributed by atoms with Gasteiger partial charge in [0.15, 0.2) is 18.9 Å². The fourth-order valence-electron chi connectivity index (χ4n) is 18.0. The van der Waals surface area contributed by atoms with Crippen LogP contribution in [0.25, 0.3) is 0 Å². The second kappa shape index (κ2) is 59.4. The highest BCUT2D eigenvalue weighted by Crippen LogP contribution is 2.44. The average molecular weight is 1970 g/mol. The van der Waals surface area contributed by atoms with Crippen LogP contribution in [-0.4, -0.2) is 419 Å². The maximum Gasteiger partial charge on any atom is 0.364 e. The maximum absolute atomic E-state index is 14.4. The smallest absolute Gasteiger partial charge is 0.364 e. The summed E-state index contributed by atoms with van der Waals surface area (Å²) in [5.41, 5.74) is 0. The lowest BCUT2D eigenvalue weighted by atomic mass is 9.86. The quantitative estimate of drug-likeness (QED) is 0.0202. The molecular weight excluding hydrogens is 1810 g/mol. The van der Waals surface area contributed by atoms with Crippen LogP contribution >= 0.6 is 0 Å². The molecule has 6 saturated heterocycles. The molecule has 0 aliphatic carbocycles. The number of carboxylic acid groups (broad SMARTS) is 3. The van der Waals surface area contributed by atoms with Crippen molar-refractivity contribution in [3.8, 4) is 0 Å². The Morgan fingerprint density at radius 2 is 0.765 bits per heavy atom. The Bertz CT molecular complexity index is 3570. The standard InChI is InChI=1S/C89H155N5O42/c1-7-9-11-13-15-17-19-21-22-24-26-28-30-32-34-36-62(110)94-51(52(105)35-33-31-29-27-25-23-20-18-16-14-12-10-8-2)46-125-82-73(117)72(116)75(60(44-99)127-82)129-83-74(118)80(76(61(45-100)128-83)130-81-66(93-50(6)104)71(115)68(112)57(41-96)126-81)136-89(86(123)124)39-55(108)65(92-49(5)103)79(135-89)70(114)59(43-98)132-88(85(121)122)38-54(107)64(91-48(4)102)78(134-88)69(113)58(42-97)131-87(84(119)120)37-53(106)63(90-47(3)101)77(133-87)67(111)56(109)40-95/h33,35,51-61,63-83,95-100,105-109,111-118H,7-32,34,36-46H2,1-6H3,(H,90,101)(H,91,102)(H,92,103)(H,93,104)(H,94,110)(H,119,120)(H,121,122)(H,123,124). The number of aliphatic hydroxyl groups is 19. The van der Waals surface area contributed by atoms with Crippen molar-refractivity contribution >= 4 is 47.4 Å². The molecule has 0 bridgehead atoms. The largest absolute Gasteiger partial charge is 0.477 e. The van der Waals surface area contributed by atoms with Crippen molar-refractivity contribution < 1.29 is 208 Å². The average Bonchev–Trinajstić information content (AvgIpc) is 0.571. The lowest BCUT2D eigenvalue weighted by molar-refractivity contribution is -0.402. The summed E-state index contributed by atoms with van der Waals surface area (Å²) in [6, 6.07) is -9.22. The zero-order chi connectivity index (χ0) is 101. The fraction of sp³-hybridized carbons (Fsp3) is 0.888.